The summed E-state index contributed by atoms with van der Waals surface area (Å²) in [6.07, 6.45) is 0. The van der Waals surface area contributed by atoms with Gasteiger partial charge in [-0.2, -0.15) is 8.78 Å². The van der Waals surface area contributed by atoms with E-state index < -0.39 is 31.5 Å². The van der Waals surface area contributed by atoms with Gasteiger partial charge in [-0.3, -0.25) is 0 Å². The highest BCUT2D eigenvalue weighted by atomic mass is 19.3. The Morgan fingerprint density at radius 1 is 1.00 bits per heavy atom. The molecular weight excluding hydrogens is 238 g/mol. The number of hydrogen-bond acceptors (Lipinski definition) is 2. The van der Waals surface area contributed by atoms with Crippen LogP contribution in [0.4, 0.5) is 17.6 Å². The van der Waals surface area contributed by atoms with Gasteiger partial charge < -0.3 is 10.4 Å². The first kappa shape index (κ1) is 13.9. The van der Waals surface area contributed by atoms with Gasteiger partial charge in [0.1, 0.15) is 6.61 Å². The van der Waals surface area contributed by atoms with Crippen molar-refractivity contribution in [3.63, 3.8) is 0 Å². The fraction of sp³-hybridized carbons (Fsp3) is 0.455. The van der Waals surface area contributed by atoms with Gasteiger partial charge in [-0.05, 0) is 0 Å². The summed E-state index contributed by atoms with van der Waals surface area (Å²) in [6, 6.07) is 6.95. The van der Waals surface area contributed by atoms with Crippen LogP contribution < -0.4 is 5.32 Å². The van der Waals surface area contributed by atoms with Crippen molar-refractivity contribution in [2.45, 2.75) is 11.8 Å². The van der Waals surface area contributed by atoms with Crippen LogP contribution in [0.15, 0.2) is 30.3 Å². The van der Waals surface area contributed by atoms with Gasteiger partial charge in [-0.1, -0.05) is 30.3 Å². The summed E-state index contributed by atoms with van der Waals surface area (Å²) in [5.41, 5.74) is -0.236. The van der Waals surface area contributed by atoms with Gasteiger partial charge in [0.15, 0.2) is 0 Å². The van der Waals surface area contributed by atoms with Crippen LogP contribution in [0.2, 0.25) is 0 Å². The summed E-state index contributed by atoms with van der Waals surface area (Å²) in [4.78, 5) is 0. The van der Waals surface area contributed by atoms with Gasteiger partial charge >= 0.3 is 0 Å². The molecule has 0 aliphatic rings. The zero-order valence-corrected chi connectivity index (χ0v) is 8.97. The lowest BCUT2D eigenvalue weighted by Gasteiger charge is -2.19. The number of benzene rings is 1. The van der Waals surface area contributed by atoms with E-state index in [9.17, 15) is 17.6 Å². The van der Waals surface area contributed by atoms with Gasteiger partial charge in [0.2, 0.25) is 0 Å². The van der Waals surface area contributed by atoms with Crippen molar-refractivity contribution in [1.29, 1.82) is 0 Å². The van der Waals surface area contributed by atoms with E-state index in [4.69, 9.17) is 5.11 Å². The number of nitrogens with one attached hydrogen (secondary N) is 1. The van der Waals surface area contributed by atoms with Gasteiger partial charge in [0, 0.05) is 5.56 Å². The van der Waals surface area contributed by atoms with E-state index in [0.29, 0.717) is 0 Å². The first-order valence-corrected chi connectivity index (χ1v) is 5.00. The lowest BCUT2D eigenvalue weighted by molar-refractivity contribution is -0.0576. The minimum Gasteiger partial charge on any atom is -0.390 e. The smallest absolute Gasteiger partial charge is 0.285 e. The van der Waals surface area contributed by atoms with E-state index in [2.05, 4.69) is 0 Å². The van der Waals surface area contributed by atoms with Crippen molar-refractivity contribution < 1.29 is 22.7 Å². The topological polar surface area (TPSA) is 32.3 Å². The molecule has 0 heterocycles. The van der Waals surface area contributed by atoms with Crippen LogP contribution in [-0.2, 0) is 5.92 Å². The molecule has 1 aromatic carbocycles. The predicted molar refractivity (Wildman–Crippen MR) is 55.2 cm³/mol. The minimum absolute atomic E-state index is 0.236. The molecule has 0 amide bonds. The quantitative estimate of drug-likeness (QED) is 0.758. The van der Waals surface area contributed by atoms with Crippen LogP contribution in [0.3, 0.4) is 0 Å². The van der Waals surface area contributed by atoms with E-state index in [1.54, 1.807) is 6.07 Å². The Bertz CT molecular complexity index is 343. The predicted octanol–water partition coefficient (Wildman–Crippen LogP) is 2.00. The average molecular weight is 251 g/mol. The average Bonchev–Trinajstić information content (AvgIpc) is 2.30. The molecule has 1 rings (SSSR count). The third-order valence-electron chi connectivity index (χ3n) is 2.16. The Labute approximate surface area is 96.3 Å². The molecule has 0 spiro atoms. The van der Waals surface area contributed by atoms with Crippen LogP contribution in [0, 0.1) is 0 Å². The summed E-state index contributed by atoms with van der Waals surface area (Å²) >= 11 is 0. The van der Waals surface area contributed by atoms with E-state index in [-0.39, 0.29) is 5.56 Å². The Morgan fingerprint density at radius 2 is 1.59 bits per heavy atom. The van der Waals surface area contributed by atoms with E-state index in [0.717, 1.165) is 0 Å². The van der Waals surface area contributed by atoms with Crippen molar-refractivity contribution in [2.75, 3.05) is 19.7 Å². The van der Waals surface area contributed by atoms with Crippen LogP contribution in [0.25, 0.3) is 0 Å². The molecule has 0 saturated carbocycles. The SMILES string of the molecule is OCC(F)(F)CNCC(F)(F)c1ccccc1. The van der Waals surface area contributed by atoms with E-state index in [1.807, 2.05) is 5.32 Å². The second-order valence-corrected chi connectivity index (χ2v) is 3.69. The van der Waals surface area contributed by atoms with Crippen molar-refractivity contribution in [2.24, 2.45) is 0 Å². The van der Waals surface area contributed by atoms with E-state index in [1.165, 1.54) is 24.3 Å². The number of alkyl halides is 4. The van der Waals surface area contributed by atoms with Gasteiger partial charge in [-0.15, -0.1) is 0 Å². The molecule has 1 aromatic rings. The summed E-state index contributed by atoms with van der Waals surface area (Å²) in [6.45, 7) is -3.24. The maximum atomic E-state index is 13.5. The Morgan fingerprint density at radius 3 is 2.12 bits per heavy atom. The number of aliphatic hydroxyl groups is 1. The van der Waals surface area contributed by atoms with Crippen molar-refractivity contribution in [1.82, 2.24) is 5.32 Å². The molecule has 0 bridgehead atoms. The van der Waals surface area contributed by atoms with Crippen LogP contribution in [-0.4, -0.2) is 30.7 Å². The normalized spacial score (nSPS) is 12.8. The standard InChI is InChI=1S/C11H13F4NO/c12-10(13,8-17)6-16-7-11(14,15)9-4-2-1-3-5-9/h1-5,16-17H,6-8H2. The fourth-order valence-corrected chi connectivity index (χ4v) is 1.24. The van der Waals surface area contributed by atoms with Crippen LogP contribution >= 0.6 is 0 Å². The molecule has 2 N–H and O–H groups in total. The third kappa shape index (κ3) is 4.32. The second-order valence-electron chi connectivity index (χ2n) is 3.69. The molecular formula is C11H13F4NO. The highest BCUT2D eigenvalue weighted by Crippen LogP contribution is 2.26. The van der Waals surface area contributed by atoms with Crippen molar-refractivity contribution in [3.05, 3.63) is 35.9 Å². The zero-order valence-electron chi connectivity index (χ0n) is 8.97. The number of hydrogen-bond donors (Lipinski definition) is 2. The van der Waals surface area contributed by atoms with Gasteiger partial charge in [0.25, 0.3) is 11.8 Å². The number of halogens is 4. The molecule has 2 nitrogen and oxygen atoms in total. The zero-order chi connectivity index (χ0) is 12.9. The molecule has 96 valence electrons. The Balaban J connectivity index is 2.51. The molecule has 17 heavy (non-hydrogen) atoms. The molecule has 0 saturated heterocycles. The Kier molecular flexibility index (Phi) is 4.47. The molecule has 0 fully saturated rings. The molecule has 0 aromatic heterocycles. The lowest BCUT2D eigenvalue weighted by atomic mass is 10.1. The van der Waals surface area contributed by atoms with Crippen molar-refractivity contribution >= 4 is 0 Å². The number of rotatable bonds is 6. The third-order valence-corrected chi connectivity index (χ3v) is 2.16. The van der Waals surface area contributed by atoms with Gasteiger partial charge in [0.05, 0.1) is 13.1 Å². The second kappa shape index (κ2) is 5.46. The summed E-state index contributed by atoms with van der Waals surface area (Å²) < 4.78 is 52.1. The van der Waals surface area contributed by atoms with Crippen LogP contribution in [0.1, 0.15) is 5.56 Å². The first-order chi connectivity index (χ1) is 7.87. The summed E-state index contributed by atoms with van der Waals surface area (Å²) in [7, 11) is 0. The monoisotopic (exact) mass is 251 g/mol. The fourth-order valence-electron chi connectivity index (χ4n) is 1.24. The maximum absolute atomic E-state index is 13.5. The highest BCUT2D eigenvalue weighted by molar-refractivity contribution is 5.20. The molecule has 0 radical (unpaired) electrons. The first-order valence-electron chi connectivity index (χ1n) is 5.00. The lowest BCUT2D eigenvalue weighted by Crippen LogP contribution is -2.40. The van der Waals surface area contributed by atoms with Gasteiger partial charge in [-0.25, -0.2) is 8.78 Å². The molecule has 0 aliphatic heterocycles. The molecule has 0 unspecified atom stereocenters. The molecule has 6 heteroatoms. The number of aliphatic hydroxyl groups excluding tert-OH is 1. The van der Waals surface area contributed by atoms with Crippen molar-refractivity contribution in [3.8, 4) is 0 Å². The van der Waals surface area contributed by atoms with E-state index >= 15 is 0 Å². The maximum Gasteiger partial charge on any atom is 0.285 e. The molecule has 0 aliphatic carbocycles. The van der Waals surface area contributed by atoms with Crippen LogP contribution in [0.5, 0.6) is 0 Å². The summed E-state index contributed by atoms with van der Waals surface area (Å²) in [5.74, 6) is -6.60. The Hall–Kier alpha value is -1.14. The highest BCUT2D eigenvalue weighted by Gasteiger charge is 2.33. The minimum atomic E-state index is -3.38. The summed E-state index contributed by atoms with van der Waals surface area (Å²) in [5, 5.41) is 10.2. The molecule has 0 atom stereocenters. The largest absolute Gasteiger partial charge is 0.390 e.